The second-order valence-electron chi connectivity index (χ2n) is 5.37. The summed E-state index contributed by atoms with van der Waals surface area (Å²) >= 11 is 4.92. The number of nitrogens with one attached hydrogen (secondary N) is 1. The van der Waals surface area contributed by atoms with Crippen molar-refractivity contribution in [3.63, 3.8) is 0 Å². The molecule has 0 amide bonds. The van der Waals surface area contributed by atoms with Gasteiger partial charge in [0, 0.05) is 17.0 Å². The van der Waals surface area contributed by atoms with Gasteiger partial charge in [0.2, 0.25) is 5.13 Å². The van der Waals surface area contributed by atoms with Crippen LogP contribution in [0, 0.1) is 0 Å². The molecule has 0 fully saturated rings. The standard InChI is InChI=1S/C19H18BrN3O3S/c1-24-13-5-6-14(18(9-13)26-3)16-11-27-19(22-16)23-21-10-12-4-7-17(25-2)15(20)8-12/h4-11H,1-3H3,(H,22,23)/b21-10-. The maximum atomic E-state index is 5.44. The van der Waals surface area contributed by atoms with E-state index in [0.717, 1.165) is 32.8 Å². The minimum atomic E-state index is 0.687. The number of ether oxygens (including phenoxy) is 3. The van der Waals surface area contributed by atoms with Crippen LogP contribution in [0.25, 0.3) is 11.3 Å². The highest BCUT2D eigenvalue weighted by Crippen LogP contribution is 2.34. The van der Waals surface area contributed by atoms with Gasteiger partial charge in [-0.25, -0.2) is 4.98 Å². The fourth-order valence-electron chi connectivity index (χ4n) is 2.38. The van der Waals surface area contributed by atoms with Crippen LogP contribution in [-0.4, -0.2) is 32.5 Å². The van der Waals surface area contributed by atoms with Crippen LogP contribution in [0.4, 0.5) is 5.13 Å². The van der Waals surface area contributed by atoms with E-state index in [2.05, 4.69) is 31.4 Å². The Bertz CT molecular complexity index is 959. The van der Waals surface area contributed by atoms with E-state index >= 15 is 0 Å². The summed E-state index contributed by atoms with van der Waals surface area (Å²) in [7, 11) is 4.88. The van der Waals surface area contributed by atoms with Crippen molar-refractivity contribution in [3.05, 3.63) is 51.8 Å². The number of nitrogens with zero attached hydrogens (tertiary/aromatic N) is 2. The molecule has 3 rings (SSSR count). The number of hydrazone groups is 1. The van der Waals surface area contributed by atoms with Crippen molar-refractivity contribution in [1.82, 2.24) is 4.98 Å². The maximum Gasteiger partial charge on any atom is 0.203 e. The Balaban J connectivity index is 1.72. The van der Waals surface area contributed by atoms with Gasteiger partial charge in [0.25, 0.3) is 0 Å². The van der Waals surface area contributed by atoms with Gasteiger partial charge in [0.1, 0.15) is 17.2 Å². The van der Waals surface area contributed by atoms with Crippen molar-refractivity contribution < 1.29 is 14.2 Å². The van der Waals surface area contributed by atoms with Crippen LogP contribution >= 0.6 is 27.3 Å². The Morgan fingerprint density at radius 1 is 1.04 bits per heavy atom. The van der Waals surface area contributed by atoms with E-state index < -0.39 is 0 Å². The molecule has 0 spiro atoms. The van der Waals surface area contributed by atoms with Crippen LogP contribution in [0.15, 0.2) is 51.4 Å². The Hall–Kier alpha value is -2.58. The molecule has 0 unspecified atom stereocenters. The summed E-state index contributed by atoms with van der Waals surface area (Å²) in [5.74, 6) is 2.22. The van der Waals surface area contributed by atoms with Crippen molar-refractivity contribution in [2.75, 3.05) is 26.8 Å². The number of methoxy groups -OCH3 is 3. The number of anilines is 1. The Morgan fingerprint density at radius 3 is 2.56 bits per heavy atom. The van der Waals surface area contributed by atoms with Crippen LogP contribution < -0.4 is 19.6 Å². The highest BCUT2D eigenvalue weighted by Gasteiger charge is 2.11. The first-order valence-electron chi connectivity index (χ1n) is 7.95. The molecule has 0 aliphatic rings. The molecule has 3 aromatic rings. The number of thiazole rings is 1. The molecule has 0 aliphatic carbocycles. The summed E-state index contributed by atoms with van der Waals surface area (Å²) in [5.41, 5.74) is 5.59. The number of hydrogen-bond donors (Lipinski definition) is 1. The van der Waals surface area contributed by atoms with Gasteiger partial charge >= 0.3 is 0 Å². The molecule has 0 aliphatic heterocycles. The molecule has 8 heteroatoms. The zero-order valence-electron chi connectivity index (χ0n) is 15.0. The Kier molecular flexibility index (Phi) is 6.31. The molecular formula is C19H18BrN3O3S. The molecule has 2 aromatic carbocycles. The van der Waals surface area contributed by atoms with Crippen molar-refractivity contribution >= 4 is 38.6 Å². The minimum absolute atomic E-state index is 0.687. The van der Waals surface area contributed by atoms with E-state index in [1.165, 1.54) is 11.3 Å². The highest BCUT2D eigenvalue weighted by atomic mass is 79.9. The Morgan fingerprint density at radius 2 is 1.85 bits per heavy atom. The molecule has 140 valence electrons. The van der Waals surface area contributed by atoms with E-state index in [1.807, 2.05) is 41.8 Å². The van der Waals surface area contributed by atoms with Gasteiger partial charge in [-0.1, -0.05) is 0 Å². The Labute approximate surface area is 169 Å². The number of halogens is 1. The summed E-state index contributed by atoms with van der Waals surface area (Å²) < 4.78 is 16.8. The van der Waals surface area contributed by atoms with E-state index in [9.17, 15) is 0 Å². The van der Waals surface area contributed by atoms with Gasteiger partial charge in [0.15, 0.2) is 0 Å². The molecule has 0 saturated heterocycles. The number of hydrogen-bond acceptors (Lipinski definition) is 7. The maximum absolute atomic E-state index is 5.44. The fourth-order valence-corrected chi connectivity index (χ4v) is 3.60. The average molecular weight is 448 g/mol. The zero-order valence-corrected chi connectivity index (χ0v) is 17.4. The summed E-state index contributed by atoms with van der Waals surface area (Å²) in [5, 5.41) is 6.88. The van der Waals surface area contributed by atoms with Gasteiger partial charge in [-0.05, 0) is 51.8 Å². The van der Waals surface area contributed by atoms with Gasteiger partial charge in [-0.2, -0.15) is 5.10 Å². The van der Waals surface area contributed by atoms with Crippen molar-refractivity contribution in [1.29, 1.82) is 0 Å². The lowest BCUT2D eigenvalue weighted by molar-refractivity contribution is 0.395. The van der Waals surface area contributed by atoms with Gasteiger partial charge < -0.3 is 14.2 Å². The third-order valence-corrected chi connectivity index (χ3v) is 5.11. The molecule has 1 N–H and O–H groups in total. The molecule has 0 atom stereocenters. The first kappa shape index (κ1) is 19.2. The molecule has 6 nitrogen and oxygen atoms in total. The summed E-state index contributed by atoms with van der Waals surface area (Å²) in [6.45, 7) is 0. The normalized spacial score (nSPS) is 10.8. The number of aromatic nitrogens is 1. The lowest BCUT2D eigenvalue weighted by atomic mass is 10.1. The summed E-state index contributed by atoms with van der Waals surface area (Å²) in [6.07, 6.45) is 1.72. The first-order valence-corrected chi connectivity index (χ1v) is 9.62. The topological polar surface area (TPSA) is 65.0 Å². The quantitative estimate of drug-likeness (QED) is 0.405. The van der Waals surface area contributed by atoms with E-state index in [0.29, 0.717) is 10.9 Å². The van der Waals surface area contributed by atoms with Crippen molar-refractivity contribution in [2.24, 2.45) is 5.10 Å². The molecule has 27 heavy (non-hydrogen) atoms. The van der Waals surface area contributed by atoms with Crippen LogP contribution in [-0.2, 0) is 0 Å². The van der Waals surface area contributed by atoms with E-state index in [1.54, 1.807) is 27.5 Å². The molecular weight excluding hydrogens is 430 g/mol. The number of rotatable bonds is 7. The molecule has 1 aromatic heterocycles. The minimum Gasteiger partial charge on any atom is -0.497 e. The third kappa shape index (κ3) is 4.58. The van der Waals surface area contributed by atoms with Gasteiger partial charge in [-0.3, -0.25) is 5.43 Å². The molecule has 0 saturated carbocycles. The van der Waals surface area contributed by atoms with E-state index in [4.69, 9.17) is 14.2 Å². The average Bonchev–Trinajstić information content (AvgIpc) is 3.16. The highest BCUT2D eigenvalue weighted by molar-refractivity contribution is 9.10. The molecule has 0 bridgehead atoms. The summed E-state index contributed by atoms with van der Waals surface area (Å²) in [6, 6.07) is 11.4. The monoisotopic (exact) mass is 447 g/mol. The SMILES string of the molecule is COc1ccc(-c2csc(N/N=C\c3ccc(OC)c(Br)c3)n2)c(OC)c1. The van der Waals surface area contributed by atoms with Crippen LogP contribution in [0.3, 0.4) is 0 Å². The predicted octanol–water partition coefficient (Wildman–Crippen LogP) is 5.04. The predicted molar refractivity (Wildman–Crippen MR) is 113 cm³/mol. The molecule has 0 radical (unpaired) electrons. The van der Waals surface area contributed by atoms with Crippen LogP contribution in [0.1, 0.15) is 5.56 Å². The second-order valence-corrected chi connectivity index (χ2v) is 7.08. The zero-order chi connectivity index (χ0) is 19.2. The summed E-state index contributed by atoms with van der Waals surface area (Å²) in [4.78, 5) is 4.56. The van der Waals surface area contributed by atoms with E-state index in [-0.39, 0.29) is 0 Å². The molecule has 1 heterocycles. The number of benzene rings is 2. The largest absolute Gasteiger partial charge is 0.497 e. The van der Waals surface area contributed by atoms with Gasteiger partial charge in [0.05, 0.1) is 37.7 Å². The van der Waals surface area contributed by atoms with Gasteiger partial charge in [-0.15, -0.1) is 11.3 Å². The lowest BCUT2D eigenvalue weighted by Crippen LogP contribution is -1.92. The van der Waals surface area contributed by atoms with Crippen molar-refractivity contribution in [2.45, 2.75) is 0 Å². The first-order chi connectivity index (χ1) is 13.1. The van der Waals surface area contributed by atoms with Crippen LogP contribution in [0.2, 0.25) is 0 Å². The van der Waals surface area contributed by atoms with Crippen LogP contribution in [0.5, 0.6) is 17.2 Å². The fraction of sp³-hybridized carbons (Fsp3) is 0.158. The smallest absolute Gasteiger partial charge is 0.203 e. The third-order valence-electron chi connectivity index (χ3n) is 3.74. The second kappa shape index (κ2) is 8.88. The van der Waals surface area contributed by atoms with Crippen molar-refractivity contribution in [3.8, 4) is 28.5 Å². The lowest BCUT2D eigenvalue weighted by Gasteiger charge is -2.08.